The predicted molar refractivity (Wildman–Crippen MR) is 118 cm³/mol. The lowest BCUT2D eigenvalue weighted by Gasteiger charge is -2.08. The molecule has 0 atom stereocenters. The lowest BCUT2D eigenvalue weighted by atomic mass is 10.2. The molecule has 148 valence electrons. The molecule has 0 aliphatic heterocycles. The second-order valence-electron chi connectivity index (χ2n) is 6.61. The quantitative estimate of drug-likeness (QED) is 0.312. The van der Waals surface area contributed by atoms with E-state index in [1.165, 1.54) is 16.0 Å². The fraction of sp³-hybridized carbons (Fsp3) is 0.364. The topological polar surface area (TPSA) is 39.9 Å². The zero-order chi connectivity index (χ0) is 19.8. The van der Waals surface area contributed by atoms with Crippen molar-refractivity contribution in [1.82, 2.24) is 14.8 Å². The van der Waals surface area contributed by atoms with Gasteiger partial charge in [-0.15, -0.1) is 22.0 Å². The molecule has 0 aliphatic rings. The van der Waals surface area contributed by atoms with Crippen molar-refractivity contribution in [3.05, 3.63) is 65.5 Å². The van der Waals surface area contributed by atoms with Crippen molar-refractivity contribution >= 4 is 23.5 Å². The molecule has 0 fully saturated rings. The number of ether oxygens (including phenoxy) is 1. The van der Waals surface area contributed by atoms with E-state index < -0.39 is 0 Å². The van der Waals surface area contributed by atoms with Gasteiger partial charge in [-0.25, -0.2) is 0 Å². The molecule has 3 rings (SSSR count). The summed E-state index contributed by atoms with van der Waals surface area (Å²) >= 11 is 3.56. The van der Waals surface area contributed by atoms with Crippen LogP contribution in [0.2, 0.25) is 0 Å². The number of hydrogen-bond donors (Lipinski definition) is 0. The normalized spacial score (nSPS) is 11.0. The van der Waals surface area contributed by atoms with Gasteiger partial charge in [0.15, 0.2) is 5.16 Å². The van der Waals surface area contributed by atoms with Crippen LogP contribution in [0.4, 0.5) is 0 Å². The summed E-state index contributed by atoms with van der Waals surface area (Å²) in [7, 11) is 0. The Morgan fingerprint density at radius 2 is 1.79 bits per heavy atom. The Bertz CT molecular complexity index is 878. The molecule has 0 radical (unpaired) electrons. The van der Waals surface area contributed by atoms with Crippen LogP contribution in [-0.2, 0) is 12.3 Å². The van der Waals surface area contributed by atoms with E-state index in [1.807, 2.05) is 12.1 Å². The van der Waals surface area contributed by atoms with Gasteiger partial charge in [0.25, 0.3) is 0 Å². The van der Waals surface area contributed by atoms with E-state index >= 15 is 0 Å². The maximum Gasteiger partial charge on any atom is 0.191 e. The van der Waals surface area contributed by atoms with Crippen molar-refractivity contribution in [3.8, 4) is 5.75 Å². The summed E-state index contributed by atoms with van der Waals surface area (Å²) in [6.07, 6.45) is 0.975. The number of aryl methyl sites for hydroxylation is 2. The third-order valence-electron chi connectivity index (χ3n) is 4.28. The number of hydrogen-bond acceptors (Lipinski definition) is 5. The maximum atomic E-state index is 5.82. The van der Waals surface area contributed by atoms with Gasteiger partial charge in [0.1, 0.15) is 11.6 Å². The fourth-order valence-electron chi connectivity index (χ4n) is 2.75. The van der Waals surface area contributed by atoms with Gasteiger partial charge in [-0.05, 0) is 57.0 Å². The molecule has 0 amide bonds. The Morgan fingerprint density at radius 1 is 0.964 bits per heavy atom. The lowest BCUT2D eigenvalue weighted by molar-refractivity contribution is 0.318. The van der Waals surface area contributed by atoms with E-state index in [-0.39, 0.29) is 0 Å². The number of thioether (sulfide) groups is 2. The monoisotopic (exact) mass is 413 g/mol. The number of benzene rings is 2. The molecule has 6 heteroatoms. The Hall–Kier alpha value is -1.92. The molecular formula is C22H27N3OS2. The van der Waals surface area contributed by atoms with E-state index in [0.29, 0.717) is 6.61 Å². The molecule has 0 spiro atoms. The van der Waals surface area contributed by atoms with Crippen LogP contribution in [-0.4, -0.2) is 27.1 Å². The highest BCUT2D eigenvalue weighted by Crippen LogP contribution is 2.25. The van der Waals surface area contributed by atoms with Crippen LogP contribution in [0.15, 0.2) is 58.6 Å². The Kier molecular flexibility index (Phi) is 7.86. The SMILES string of the molecule is CCn1c(CSc2ccc(C)cc2)nnc1SCCCOc1cccc(C)c1. The van der Waals surface area contributed by atoms with Gasteiger partial charge in [-0.1, -0.05) is 41.6 Å². The molecule has 0 saturated heterocycles. The Balaban J connectivity index is 1.45. The molecule has 4 nitrogen and oxygen atoms in total. The maximum absolute atomic E-state index is 5.82. The minimum atomic E-state index is 0.715. The summed E-state index contributed by atoms with van der Waals surface area (Å²) in [5, 5.41) is 9.82. The van der Waals surface area contributed by atoms with Gasteiger partial charge in [-0.3, -0.25) is 0 Å². The molecule has 0 bridgehead atoms. The zero-order valence-corrected chi connectivity index (χ0v) is 18.4. The molecule has 1 heterocycles. The first-order chi connectivity index (χ1) is 13.7. The summed E-state index contributed by atoms with van der Waals surface area (Å²) in [4.78, 5) is 1.26. The second kappa shape index (κ2) is 10.6. The molecule has 0 aliphatic carbocycles. The van der Waals surface area contributed by atoms with Crippen LogP contribution >= 0.6 is 23.5 Å². The first kappa shape index (κ1) is 20.8. The predicted octanol–water partition coefficient (Wildman–Crippen LogP) is 5.77. The summed E-state index contributed by atoms with van der Waals surface area (Å²) in [5.41, 5.74) is 2.50. The van der Waals surface area contributed by atoms with Crippen molar-refractivity contribution in [2.24, 2.45) is 0 Å². The third kappa shape index (κ3) is 6.04. The van der Waals surface area contributed by atoms with Gasteiger partial charge in [-0.2, -0.15) is 0 Å². The van der Waals surface area contributed by atoms with Crippen LogP contribution in [0.3, 0.4) is 0 Å². The molecular weight excluding hydrogens is 386 g/mol. The number of aromatic nitrogens is 3. The molecule has 28 heavy (non-hydrogen) atoms. The molecule has 0 saturated carbocycles. The standard InChI is InChI=1S/C22H27N3OS2/c1-4-25-21(16-28-20-11-9-17(2)10-12-20)23-24-22(25)27-14-6-13-26-19-8-5-7-18(3)15-19/h5,7-12,15H,4,6,13-14,16H2,1-3H3. The van der Waals surface area contributed by atoms with E-state index in [0.717, 1.165) is 41.2 Å². The number of rotatable bonds is 10. The van der Waals surface area contributed by atoms with Gasteiger partial charge in [0.2, 0.25) is 0 Å². The minimum Gasteiger partial charge on any atom is -0.494 e. The largest absolute Gasteiger partial charge is 0.494 e. The zero-order valence-electron chi connectivity index (χ0n) is 16.7. The number of nitrogens with zero attached hydrogens (tertiary/aromatic N) is 3. The average Bonchev–Trinajstić information content (AvgIpc) is 3.09. The van der Waals surface area contributed by atoms with Crippen molar-refractivity contribution in [2.45, 2.75) is 49.5 Å². The van der Waals surface area contributed by atoms with Gasteiger partial charge in [0.05, 0.1) is 12.4 Å². The minimum absolute atomic E-state index is 0.715. The first-order valence-electron chi connectivity index (χ1n) is 9.59. The Morgan fingerprint density at radius 3 is 2.54 bits per heavy atom. The van der Waals surface area contributed by atoms with E-state index in [4.69, 9.17) is 4.74 Å². The van der Waals surface area contributed by atoms with Crippen LogP contribution < -0.4 is 4.74 Å². The second-order valence-corrected chi connectivity index (χ2v) is 8.72. The molecule has 1 aromatic heterocycles. The lowest BCUT2D eigenvalue weighted by Crippen LogP contribution is -2.03. The van der Waals surface area contributed by atoms with Crippen LogP contribution in [0.5, 0.6) is 5.75 Å². The summed E-state index contributed by atoms with van der Waals surface area (Å²) in [5.74, 6) is 3.78. The van der Waals surface area contributed by atoms with Gasteiger partial charge >= 0.3 is 0 Å². The van der Waals surface area contributed by atoms with Crippen molar-refractivity contribution < 1.29 is 4.74 Å². The van der Waals surface area contributed by atoms with Crippen LogP contribution in [0.1, 0.15) is 30.3 Å². The highest BCUT2D eigenvalue weighted by Gasteiger charge is 2.11. The first-order valence-corrected chi connectivity index (χ1v) is 11.6. The highest BCUT2D eigenvalue weighted by atomic mass is 32.2. The molecule has 3 aromatic rings. The summed E-state index contributed by atoms with van der Waals surface area (Å²) in [6, 6.07) is 16.8. The third-order valence-corrected chi connectivity index (χ3v) is 6.34. The Labute approximate surface area is 176 Å². The van der Waals surface area contributed by atoms with Crippen LogP contribution in [0.25, 0.3) is 0 Å². The van der Waals surface area contributed by atoms with Crippen LogP contribution in [0, 0.1) is 13.8 Å². The smallest absolute Gasteiger partial charge is 0.191 e. The molecule has 0 unspecified atom stereocenters. The fourth-order valence-corrected chi connectivity index (χ4v) is 4.52. The van der Waals surface area contributed by atoms with E-state index in [1.54, 1.807) is 23.5 Å². The summed E-state index contributed by atoms with van der Waals surface area (Å²) in [6.45, 7) is 7.94. The highest BCUT2D eigenvalue weighted by molar-refractivity contribution is 7.99. The molecule has 2 aromatic carbocycles. The summed E-state index contributed by atoms with van der Waals surface area (Å²) < 4.78 is 8.04. The van der Waals surface area contributed by atoms with E-state index in [9.17, 15) is 0 Å². The van der Waals surface area contributed by atoms with Crippen molar-refractivity contribution in [1.29, 1.82) is 0 Å². The van der Waals surface area contributed by atoms with E-state index in [2.05, 4.69) is 71.9 Å². The average molecular weight is 414 g/mol. The van der Waals surface area contributed by atoms with Crippen molar-refractivity contribution in [3.63, 3.8) is 0 Å². The van der Waals surface area contributed by atoms with Gasteiger partial charge in [0, 0.05) is 17.2 Å². The molecule has 0 N–H and O–H groups in total. The van der Waals surface area contributed by atoms with Gasteiger partial charge < -0.3 is 9.30 Å². The van der Waals surface area contributed by atoms with Crippen molar-refractivity contribution in [2.75, 3.05) is 12.4 Å².